The lowest BCUT2D eigenvalue weighted by molar-refractivity contribution is -0.142. The number of rotatable bonds is 6. The number of carbonyl (C=O) groups is 1. The van der Waals surface area contributed by atoms with Crippen LogP contribution in [0.25, 0.3) is 0 Å². The van der Waals surface area contributed by atoms with Gasteiger partial charge >= 0.3 is 5.97 Å². The molecule has 0 N–H and O–H groups in total. The van der Waals surface area contributed by atoms with Crippen molar-refractivity contribution in [3.8, 4) is 5.75 Å². The normalized spacial score (nSPS) is 10.9. The van der Waals surface area contributed by atoms with Crippen molar-refractivity contribution in [3.63, 3.8) is 0 Å². The third-order valence-electron chi connectivity index (χ3n) is 2.92. The smallest absolute Gasteiger partial charge is 0.319 e. The number of esters is 1. The first kappa shape index (κ1) is 16.0. The quantitative estimate of drug-likeness (QED) is 0.752. The van der Waals surface area contributed by atoms with E-state index in [-0.39, 0.29) is 18.6 Å². The third-order valence-corrected chi connectivity index (χ3v) is 3.69. The van der Waals surface area contributed by atoms with E-state index >= 15 is 0 Å². The van der Waals surface area contributed by atoms with Crippen LogP contribution in [-0.2, 0) is 16.1 Å². The molecule has 0 amide bonds. The van der Waals surface area contributed by atoms with Gasteiger partial charge < -0.3 is 9.47 Å². The van der Waals surface area contributed by atoms with Gasteiger partial charge in [-0.2, -0.15) is 0 Å². The SMILES string of the molecule is COC(=O)CN(Cc1cc(OC)ccc1Br)C(C)C. The van der Waals surface area contributed by atoms with Crippen LogP contribution in [0.2, 0.25) is 0 Å². The molecule has 0 atom stereocenters. The summed E-state index contributed by atoms with van der Waals surface area (Å²) in [4.78, 5) is 13.5. The highest BCUT2D eigenvalue weighted by Crippen LogP contribution is 2.24. The van der Waals surface area contributed by atoms with E-state index in [1.54, 1.807) is 7.11 Å². The highest BCUT2D eigenvalue weighted by Gasteiger charge is 2.16. The number of hydrogen-bond donors (Lipinski definition) is 0. The van der Waals surface area contributed by atoms with Crippen molar-refractivity contribution in [3.05, 3.63) is 28.2 Å². The minimum absolute atomic E-state index is 0.229. The lowest BCUT2D eigenvalue weighted by Crippen LogP contribution is -2.35. The number of benzene rings is 1. The van der Waals surface area contributed by atoms with Crippen LogP contribution in [0.15, 0.2) is 22.7 Å². The van der Waals surface area contributed by atoms with Gasteiger partial charge in [0, 0.05) is 17.1 Å². The van der Waals surface area contributed by atoms with E-state index in [9.17, 15) is 4.79 Å². The van der Waals surface area contributed by atoms with E-state index < -0.39 is 0 Å². The Labute approximate surface area is 122 Å². The maximum absolute atomic E-state index is 11.4. The molecule has 0 fully saturated rings. The Morgan fingerprint density at radius 1 is 1.37 bits per heavy atom. The van der Waals surface area contributed by atoms with Crippen LogP contribution in [0.3, 0.4) is 0 Å². The first-order chi connectivity index (χ1) is 8.97. The summed E-state index contributed by atoms with van der Waals surface area (Å²) in [6, 6.07) is 6.06. The maximum atomic E-state index is 11.4. The number of ether oxygens (including phenoxy) is 2. The molecule has 106 valence electrons. The molecule has 0 saturated heterocycles. The first-order valence-electron chi connectivity index (χ1n) is 6.11. The molecule has 0 aliphatic heterocycles. The molecule has 1 rings (SSSR count). The maximum Gasteiger partial charge on any atom is 0.319 e. The second kappa shape index (κ2) is 7.50. The average Bonchev–Trinajstić information content (AvgIpc) is 2.39. The summed E-state index contributed by atoms with van der Waals surface area (Å²) in [6.45, 7) is 5.04. The number of nitrogens with zero attached hydrogens (tertiary/aromatic N) is 1. The Hall–Kier alpha value is -1.07. The fourth-order valence-electron chi connectivity index (χ4n) is 1.67. The van der Waals surface area contributed by atoms with Crippen LogP contribution in [-0.4, -0.2) is 37.7 Å². The summed E-state index contributed by atoms with van der Waals surface area (Å²) in [7, 11) is 3.05. The zero-order chi connectivity index (χ0) is 14.4. The summed E-state index contributed by atoms with van der Waals surface area (Å²) in [6.07, 6.45) is 0. The molecule has 1 aromatic rings. The minimum atomic E-state index is -0.229. The Morgan fingerprint density at radius 2 is 2.05 bits per heavy atom. The molecule has 19 heavy (non-hydrogen) atoms. The molecule has 0 bridgehead atoms. The average molecular weight is 330 g/mol. The molecule has 0 aliphatic carbocycles. The molecule has 1 aromatic carbocycles. The molecule has 0 spiro atoms. The highest BCUT2D eigenvalue weighted by atomic mass is 79.9. The number of hydrogen-bond acceptors (Lipinski definition) is 4. The molecule has 0 heterocycles. The molecular formula is C14H20BrNO3. The fraction of sp³-hybridized carbons (Fsp3) is 0.500. The molecule has 0 radical (unpaired) electrons. The topological polar surface area (TPSA) is 38.8 Å². The van der Waals surface area contributed by atoms with E-state index in [1.807, 2.05) is 23.1 Å². The minimum Gasteiger partial charge on any atom is -0.497 e. The summed E-state index contributed by atoms with van der Waals surface area (Å²) in [5, 5.41) is 0. The fourth-order valence-corrected chi connectivity index (χ4v) is 2.04. The number of methoxy groups -OCH3 is 2. The second-order valence-corrected chi connectivity index (χ2v) is 5.39. The molecule has 0 saturated carbocycles. The third kappa shape index (κ3) is 4.84. The van der Waals surface area contributed by atoms with Crippen LogP contribution in [0, 0.1) is 0 Å². The summed E-state index contributed by atoms with van der Waals surface area (Å²) >= 11 is 3.52. The monoisotopic (exact) mass is 329 g/mol. The molecule has 0 unspecified atom stereocenters. The Kier molecular flexibility index (Phi) is 6.31. The Morgan fingerprint density at radius 3 is 2.58 bits per heavy atom. The summed E-state index contributed by atoms with van der Waals surface area (Å²) in [5.41, 5.74) is 1.08. The van der Waals surface area contributed by atoms with Crippen LogP contribution in [0.1, 0.15) is 19.4 Å². The van der Waals surface area contributed by atoms with E-state index in [0.717, 1.165) is 15.8 Å². The van der Waals surface area contributed by atoms with Gasteiger partial charge in [-0.1, -0.05) is 15.9 Å². The van der Waals surface area contributed by atoms with Gasteiger partial charge in [-0.3, -0.25) is 9.69 Å². The molecule has 0 aromatic heterocycles. The van der Waals surface area contributed by atoms with E-state index in [2.05, 4.69) is 29.8 Å². The number of halogens is 1. The van der Waals surface area contributed by atoms with Crippen molar-refractivity contribution in [2.75, 3.05) is 20.8 Å². The van der Waals surface area contributed by atoms with Crippen molar-refractivity contribution >= 4 is 21.9 Å². The van der Waals surface area contributed by atoms with Gasteiger partial charge in [0.25, 0.3) is 0 Å². The molecular weight excluding hydrogens is 310 g/mol. The van der Waals surface area contributed by atoms with E-state index in [4.69, 9.17) is 9.47 Å². The molecule has 5 heteroatoms. The standard InChI is InChI=1S/C14H20BrNO3/c1-10(2)16(9-14(17)19-4)8-11-7-12(18-3)5-6-13(11)15/h5-7,10H,8-9H2,1-4H3. The highest BCUT2D eigenvalue weighted by molar-refractivity contribution is 9.10. The number of carbonyl (C=O) groups excluding carboxylic acids is 1. The van der Waals surface area contributed by atoms with Crippen molar-refractivity contribution in [2.45, 2.75) is 26.4 Å². The van der Waals surface area contributed by atoms with Gasteiger partial charge in [0.15, 0.2) is 0 Å². The largest absolute Gasteiger partial charge is 0.497 e. The summed E-state index contributed by atoms with van der Waals surface area (Å²) < 4.78 is 11.0. The van der Waals surface area contributed by atoms with Crippen LogP contribution >= 0.6 is 15.9 Å². The van der Waals surface area contributed by atoms with Gasteiger partial charge in [-0.05, 0) is 37.6 Å². The van der Waals surface area contributed by atoms with Crippen molar-refractivity contribution in [1.29, 1.82) is 0 Å². The second-order valence-electron chi connectivity index (χ2n) is 4.53. The lowest BCUT2D eigenvalue weighted by atomic mass is 10.1. The van der Waals surface area contributed by atoms with Crippen LogP contribution in [0.5, 0.6) is 5.75 Å². The van der Waals surface area contributed by atoms with Gasteiger partial charge in [-0.15, -0.1) is 0 Å². The van der Waals surface area contributed by atoms with Crippen LogP contribution in [0.4, 0.5) is 0 Å². The van der Waals surface area contributed by atoms with Crippen molar-refractivity contribution in [1.82, 2.24) is 4.90 Å². The van der Waals surface area contributed by atoms with Crippen molar-refractivity contribution in [2.24, 2.45) is 0 Å². The first-order valence-corrected chi connectivity index (χ1v) is 6.90. The zero-order valence-corrected chi connectivity index (χ0v) is 13.4. The van der Waals surface area contributed by atoms with Gasteiger partial charge in [0.1, 0.15) is 5.75 Å². The molecule has 4 nitrogen and oxygen atoms in total. The van der Waals surface area contributed by atoms with E-state index in [1.165, 1.54) is 7.11 Å². The lowest BCUT2D eigenvalue weighted by Gasteiger charge is -2.25. The van der Waals surface area contributed by atoms with Crippen LogP contribution < -0.4 is 4.74 Å². The van der Waals surface area contributed by atoms with Gasteiger partial charge in [-0.25, -0.2) is 0 Å². The zero-order valence-electron chi connectivity index (χ0n) is 11.8. The summed E-state index contributed by atoms with van der Waals surface area (Å²) in [5.74, 6) is 0.577. The van der Waals surface area contributed by atoms with Gasteiger partial charge in [0.05, 0.1) is 20.8 Å². The van der Waals surface area contributed by atoms with E-state index in [0.29, 0.717) is 6.54 Å². The Bertz CT molecular complexity index is 435. The predicted octanol–water partition coefficient (Wildman–Crippen LogP) is 2.84. The Balaban J connectivity index is 2.86. The van der Waals surface area contributed by atoms with Crippen molar-refractivity contribution < 1.29 is 14.3 Å². The molecule has 0 aliphatic rings. The predicted molar refractivity (Wildman–Crippen MR) is 78.3 cm³/mol. The van der Waals surface area contributed by atoms with Gasteiger partial charge in [0.2, 0.25) is 0 Å².